The van der Waals surface area contributed by atoms with Crippen molar-refractivity contribution in [3.05, 3.63) is 17.3 Å². The van der Waals surface area contributed by atoms with Gasteiger partial charge in [0.25, 0.3) is 0 Å². The summed E-state index contributed by atoms with van der Waals surface area (Å²) in [5, 5.41) is 3.13. The van der Waals surface area contributed by atoms with Gasteiger partial charge in [0.15, 0.2) is 0 Å². The highest BCUT2D eigenvalue weighted by Gasteiger charge is 2.39. The molecule has 1 aliphatic heterocycles. The summed E-state index contributed by atoms with van der Waals surface area (Å²) in [6, 6.07) is -0.140. The summed E-state index contributed by atoms with van der Waals surface area (Å²) in [6.45, 7) is 2.29. The summed E-state index contributed by atoms with van der Waals surface area (Å²) in [4.78, 5) is 3.54. The molecule has 16 heavy (non-hydrogen) atoms. The van der Waals surface area contributed by atoms with Crippen molar-refractivity contribution in [3.8, 4) is 0 Å². The van der Waals surface area contributed by atoms with Gasteiger partial charge in [-0.2, -0.15) is 24.9 Å². The molecule has 0 aromatic carbocycles. The van der Waals surface area contributed by atoms with Gasteiger partial charge in [0.2, 0.25) is 0 Å². The van der Waals surface area contributed by atoms with E-state index in [4.69, 9.17) is 0 Å². The average molecular weight is 252 g/mol. The number of alkyl halides is 3. The van der Waals surface area contributed by atoms with E-state index in [1.807, 2.05) is 0 Å². The number of nitrogens with zero attached hydrogens (tertiary/aromatic N) is 1. The molecule has 2 heterocycles. The lowest BCUT2D eigenvalue weighted by Crippen LogP contribution is -2.31. The minimum absolute atomic E-state index is 0.140. The van der Waals surface area contributed by atoms with Crippen LogP contribution < -0.4 is 5.32 Å². The van der Waals surface area contributed by atoms with Crippen molar-refractivity contribution in [2.45, 2.75) is 19.1 Å². The number of thioether (sulfide) groups is 1. The predicted octanol–water partition coefficient (Wildman–Crippen LogP) is 2.38. The summed E-state index contributed by atoms with van der Waals surface area (Å²) >= 11 is 1.70. The summed E-state index contributed by atoms with van der Waals surface area (Å²) in [5.74, 6) is 0.786. The van der Waals surface area contributed by atoms with Crippen molar-refractivity contribution >= 4 is 11.8 Å². The van der Waals surface area contributed by atoms with Gasteiger partial charge in [-0.05, 0) is 6.92 Å². The summed E-state index contributed by atoms with van der Waals surface area (Å²) in [6.07, 6.45) is -4.51. The number of aromatic nitrogens is 1. The molecule has 1 aromatic heterocycles. The molecule has 1 saturated heterocycles. The van der Waals surface area contributed by atoms with Crippen LogP contribution in [-0.2, 0) is 6.18 Å². The Balaban J connectivity index is 2.24. The maximum absolute atomic E-state index is 12.4. The van der Waals surface area contributed by atoms with Crippen LogP contribution in [0.25, 0.3) is 0 Å². The smallest absolute Gasteiger partial charge is 0.438 e. The van der Waals surface area contributed by atoms with Crippen molar-refractivity contribution < 1.29 is 17.6 Å². The highest BCUT2D eigenvalue weighted by Crippen LogP contribution is 2.32. The lowest BCUT2D eigenvalue weighted by Gasteiger charge is -2.21. The van der Waals surface area contributed by atoms with Crippen LogP contribution in [0, 0.1) is 6.92 Å². The van der Waals surface area contributed by atoms with Gasteiger partial charge in [-0.3, -0.25) is 0 Å². The van der Waals surface area contributed by atoms with Crippen LogP contribution in [-0.4, -0.2) is 23.0 Å². The highest BCUT2D eigenvalue weighted by molar-refractivity contribution is 7.99. The molecule has 1 aliphatic rings. The lowest BCUT2D eigenvalue weighted by molar-refractivity contribution is -0.157. The molecule has 0 radical (unpaired) electrons. The number of nitrogens with one attached hydrogen (secondary N) is 1. The van der Waals surface area contributed by atoms with Crippen molar-refractivity contribution in [2.75, 3.05) is 18.1 Å². The fraction of sp³-hybridized carbons (Fsp3) is 0.667. The molecule has 7 heteroatoms. The van der Waals surface area contributed by atoms with Gasteiger partial charge in [0.05, 0.1) is 6.04 Å². The third-order valence-corrected chi connectivity index (χ3v) is 3.39. The molecule has 1 N–H and O–H groups in total. The Bertz CT molecular complexity index is 371. The maximum Gasteiger partial charge on any atom is 0.468 e. The molecule has 3 nitrogen and oxygen atoms in total. The zero-order valence-corrected chi connectivity index (χ0v) is 9.41. The average Bonchev–Trinajstić information content (AvgIpc) is 2.61. The van der Waals surface area contributed by atoms with E-state index in [2.05, 4.69) is 14.7 Å². The van der Waals surface area contributed by atoms with Gasteiger partial charge in [0, 0.05) is 18.1 Å². The van der Waals surface area contributed by atoms with Gasteiger partial charge in [-0.1, -0.05) is 0 Å². The van der Waals surface area contributed by atoms with Gasteiger partial charge < -0.3 is 9.73 Å². The first-order valence-corrected chi connectivity index (χ1v) is 5.99. The fourth-order valence-corrected chi connectivity index (χ4v) is 2.53. The second-order valence-electron chi connectivity index (χ2n) is 3.54. The van der Waals surface area contributed by atoms with Crippen LogP contribution in [0.15, 0.2) is 4.42 Å². The van der Waals surface area contributed by atoms with Crippen molar-refractivity contribution in [1.82, 2.24) is 10.3 Å². The Kier molecular flexibility index (Phi) is 3.16. The molecule has 0 spiro atoms. The van der Waals surface area contributed by atoms with E-state index < -0.39 is 12.1 Å². The summed E-state index contributed by atoms with van der Waals surface area (Å²) < 4.78 is 41.7. The normalized spacial score (nSPS) is 22.4. The molecule has 90 valence electrons. The number of hydrogen-bond acceptors (Lipinski definition) is 4. The molecule has 1 atom stereocenters. The SMILES string of the molecule is Cc1oc(C(F)(F)F)nc1C1CSCCN1. The molecule has 0 aliphatic carbocycles. The van der Waals surface area contributed by atoms with E-state index in [9.17, 15) is 13.2 Å². The standard InChI is InChI=1S/C9H11F3N2OS/c1-5-7(6-4-16-3-2-13-6)14-8(15-5)9(10,11)12/h6,13H,2-4H2,1H3. The minimum atomic E-state index is -4.51. The second kappa shape index (κ2) is 4.29. The molecule has 1 unspecified atom stereocenters. The lowest BCUT2D eigenvalue weighted by atomic mass is 10.2. The molecular weight excluding hydrogens is 241 g/mol. The monoisotopic (exact) mass is 252 g/mol. The summed E-state index contributed by atoms with van der Waals surface area (Å²) in [7, 11) is 0. The van der Waals surface area contributed by atoms with Crippen molar-refractivity contribution in [3.63, 3.8) is 0 Å². The van der Waals surface area contributed by atoms with Crippen LogP contribution in [0.3, 0.4) is 0 Å². The minimum Gasteiger partial charge on any atom is -0.438 e. The van der Waals surface area contributed by atoms with Gasteiger partial charge in [0.1, 0.15) is 11.5 Å². The third kappa shape index (κ3) is 2.35. The molecular formula is C9H11F3N2OS. The molecule has 0 saturated carbocycles. The van der Waals surface area contributed by atoms with Crippen LogP contribution >= 0.6 is 11.8 Å². The first-order chi connectivity index (χ1) is 7.48. The van der Waals surface area contributed by atoms with Gasteiger partial charge >= 0.3 is 12.1 Å². The predicted molar refractivity (Wildman–Crippen MR) is 54.3 cm³/mol. The molecule has 2 rings (SSSR count). The van der Waals surface area contributed by atoms with E-state index in [1.165, 1.54) is 6.92 Å². The molecule has 0 bridgehead atoms. The van der Waals surface area contributed by atoms with E-state index in [0.29, 0.717) is 5.69 Å². The molecule has 1 fully saturated rings. The number of aryl methyl sites for hydroxylation is 1. The van der Waals surface area contributed by atoms with Crippen molar-refractivity contribution in [1.29, 1.82) is 0 Å². The van der Waals surface area contributed by atoms with Crippen LogP contribution in [0.5, 0.6) is 0 Å². The Morgan fingerprint density at radius 3 is 2.75 bits per heavy atom. The first-order valence-electron chi connectivity index (χ1n) is 4.84. The number of rotatable bonds is 1. The van der Waals surface area contributed by atoms with Crippen LogP contribution in [0.2, 0.25) is 0 Å². The zero-order valence-electron chi connectivity index (χ0n) is 8.60. The number of hydrogen-bond donors (Lipinski definition) is 1. The van der Waals surface area contributed by atoms with E-state index in [1.54, 1.807) is 11.8 Å². The van der Waals surface area contributed by atoms with Crippen LogP contribution in [0.4, 0.5) is 13.2 Å². The molecule has 1 aromatic rings. The van der Waals surface area contributed by atoms with Crippen LogP contribution in [0.1, 0.15) is 23.4 Å². The Labute approximate surface area is 94.8 Å². The number of oxazole rings is 1. The zero-order chi connectivity index (χ0) is 11.8. The second-order valence-corrected chi connectivity index (χ2v) is 4.69. The fourth-order valence-electron chi connectivity index (χ4n) is 1.59. The Morgan fingerprint density at radius 2 is 2.25 bits per heavy atom. The molecule has 0 amide bonds. The van der Waals surface area contributed by atoms with Crippen molar-refractivity contribution in [2.24, 2.45) is 0 Å². The Morgan fingerprint density at radius 1 is 1.50 bits per heavy atom. The largest absolute Gasteiger partial charge is 0.468 e. The third-order valence-electron chi connectivity index (χ3n) is 2.33. The van der Waals surface area contributed by atoms with Gasteiger partial charge in [-0.15, -0.1) is 0 Å². The van der Waals surface area contributed by atoms with E-state index in [-0.39, 0.29) is 11.8 Å². The van der Waals surface area contributed by atoms with E-state index in [0.717, 1.165) is 18.1 Å². The number of halogens is 3. The maximum atomic E-state index is 12.4. The van der Waals surface area contributed by atoms with E-state index >= 15 is 0 Å². The first kappa shape index (κ1) is 11.8. The topological polar surface area (TPSA) is 38.1 Å². The Hall–Kier alpha value is -0.690. The van der Waals surface area contributed by atoms with Gasteiger partial charge in [-0.25, -0.2) is 4.98 Å². The quantitative estimate of drug-likeness (QED) is 0.832. The summed E-state index contributed by atoms with van der Waals surface area (Å²) in [5.41, 5.74) is 0.375. The highest BCUT2D eigenvalue weighted by atomic mass is 32.2.